The molecular formula is C11H17ClN2. The van der Waals surface area contributed by atoms with Crippen molar-refractivity contribution in [2.45, 2.75) is 12.5 Å². The summed E-state index contributed by atoms with van der Waals surface area (Å²) in [7, 11) is 4.06. The van der Waals surface area contributed by atoms with Gasteiger partial charge in [-0.2, -0.15) is 0 Å². The minimum absolute atomic E-state index is 0.186. The van der Waals surface area contributed by atoms with Crippen LogP contribution in [0.15, 0.2) is 24.3 Å². The van der Waals surface area contributed by atoms with Crippen molar-refractivity contribution >= 4 is 11.6 Å². The smallest absolute Gasteiger partial charge is 0.0406 e. The maximum absolute atomic E-state index is 5.97. The lowest BCUT2D eigenvalue weighted by Crippen LogP contribution is -2.34. The fraction of sp³-hybridized carbons (Fsp3) is 0.455. The number of hydrogen-bond donors (Lipinski definition) is 1. The summed E-state index contributed by atoms with van der Waals surface area (Å²) < 4.78 is 0. The van der Waals surface area contributed by atoms with Crippen molar-refractivity contribution in [3.05, 3.63) is 34.9 Å². The first-order valence-electron chi connectivity index (χ1n) is 4.72. The first kappa shape index (κ1) is 11.5. The molecule has 0 amide bonds. The average molecular weight is 213 g/mol. The standard InChI is InChI=1S/C11H17ClN2/c1-14(2)8-11(13)7-9-3-5-10(12)6-4-9/h3-6,11H,7-8,13H2,1-2H3/t11-/m0/s1. The van der Waals surface area contributed by atoms with Crippen molar-refractivity contribution in [2.75, 3.05) is 20.6 Å². The quantitative estimate of drug-likeness (QED) is 0.825. The molecule has 0 heterocycles. The zero-order chi connectivity index (χ0) is 10.6. The summed E-state index contributed by atoms with van der Waals surface area (Å²) in [4.78, 5) is 2.10. The molecule has 0 aromatic heterocycles. The summed E-state index contributed by atoms with van der Waals surface area (Å²) in [6.45, 7) is 0.905. The maximum Gasteiger partial charge on any atom is 0.0406 e. The molecule has 0 spiro atoms. The molecule has 0 saturated carbocycles. The lowest BCUT2D eigenvalue weighted by atomic mass is 10.1. The molecule has 3 heteroatoms. The van der Waals surface area contributed by atoms with Crippen LogP contribution < -0.4 is 5.73 Å². The van der Waals surface area contributed by atoms with Gasteiger partial charge in [-0.25, -0.2) is 0 Å². The van der Waals surface area contributed by atoms with Gasteiger partial charge in [-0.15, -0.1) is 0 Å². The van der Waals surface area contributed by atoms with Gasteiger partial charge in [0.1, 0.15) is 0 Å². The van der Waals surface area contributed by atoms with Gasteiger partial charge in [-0.1, -0.05) is 23.7 Å². The monoisotopic (exact) mass is 212 g/mol. The number of hydrogen-bond acceptors (Lipinski definition) is 2. The molecule has 0 saturated heterocycles. The second kappa shape index (κ2) is 5.35. The van der Waals surface area contributed by atoms with E-state index in [-0.39, 0.29) is 6.04 Å². The van der Waals surface area contributed by atoms with Gasteiger partial charge in [0.05, 0.1) is 0 Å². The predicted molar refractivity (Wildman–Crippen MR) is 61.7 cm³/mol. The van der Waals surface area contributed by atoms with Crippen molar-refractivity contribution in [3.63, 3.8) is 0 Å². The van der Waals surface area contributed by atoms with E-state index in [1.54, 1.807) is 0 Å². The fourth-order valence-corrected chi connectivity index (χ4v) is 1.58. The third kappa shape index (κ3) is 4.09. The van der Waals surface area contributed by atoms with Crippen LogP contribution in [0.1, 0.15) is 5.56 Å². The molecule has 1 aromatic carbocycles. The summed E-state index contributed by atoms with van der Waals surface area (Å²) in [5, 5.41) is 0.773. The lowest BCUT2D eigenvalue weighted by Gasteiger charge is -2.16. The van der Waals surface area contributed by atoms with Gasteiger partial charge in [-0.05, 0) is 38.2 Å². The van der Waals surface area contributed by atoms with Gasteiger partial charge in [0, 0.05) is 17.6 Å². The van der Waals surface area contributed by atoms with Crippen LogP contribution in [0.2, 0.25) is 5.02 Å². The van der Waals surface area contributed by atoms with Crippen LogP contribution in [0, 0.1) is 0 Å². The lowest BCUT2D eigenvalue weighted by molar-refractivity contribution is 0.371. The van der Waals surface area contributed by atoms with Crippen LogP contribution in [0.5, 0.6) is 0 Å². The van der Waals surface area contributed by atoms with E-state index in [0.29, 0.717) is 0 Å². The number of nitrogens with zero attached hydrogens (tertiary/aromatic N) is 1. The second-order valence-corrected chi connectivity index (χ2v) is 4.29. The van der Waals surface area contributed by atoms with E-state index in [4.69, 9.17) is 17.3 Å². The van der Waals surface area contributed by atoms with E-state index < -0.39 is 0 Å². The summed E-state index contributed by atoms with van der Waals surface area (Å²) in [5.74, 6) is 0. The number of rotatable bonds is 4. The Hall–Kier alpha value is -0.570. The molecule has 14 heavy (non-hydrogen) atoms. The van der Waals surface area contributed by atoms with Crippen molar-refractivity contribution in [3.8, 4) is 0 Å². The molecule has 2 nitrogen and oxygen atoms in total. The van der Waals surface area contributed by atoms with Gasteiger partial charge >= 0.3 is 0 Å². The van der Waals surface area contributed by atoms with E-state index in [1.807, 2.05) is 38.4 Å². The first-order chi connectivity index (χ1) is 6.58. The molecule has 78 valence electrons. The highest BCUT2D eigenvalue weighted by Gasteiger charge is 2.04. The van der Waals surface area contributed by atoms with Crippen LogP contribution >= 0.6 is 11.6 Å². The highest BCUT2D eigenvalue weighted by molar-refractivity contribution is 6.30. The van der Waals surface area contributed by atoms with E-state index in [1.165, 1.54) is 5.56 Å². The van der Waals surface area contributed by atoms with Crippen LogP contribution in [-0.4, -0.2) is 31.6 Å². The van der Waals surface area contributed by atoms with Gasteiger partial charge in [0.2, 0.25) is 0 Å². The molecule has 1 atom stereocenters. The normalized spacial score (nSPS) is 13.2. The average Bonchev–Trinajstić information content (AvgIpc) is 2.07. The van der Waals surface area contributed by atoms with Crippen molar-refractivity contribution in [2.24, 2.45) is 5.73 Å². The Kier molecular flexibility index (Phi) is 4.39. The topological polar surface area (TPSA) is 29.3 Å². The van der Waals surface area contributed by atoms with Crippen LogP contribution in [-0.2, 0) is 6.42 Å². The molecule has 0 radical (unpaired) electrons. The number of nitrogens with two attached hydrogens (primary N) is 1. The molecule has 2 N–H and O–H groups in total. The second-order valence-electron chi connectivity index (χ2n) is 3.85. The van der Waals surface area contributed by atoms with Gasteiger partial charge < -0.3 is 10.6 Å². The fourth-order valence-electron chi connectivity index (χ4n) is 1.46. The minimum atomic E-state index is 0.186. The summed E-state index contributed by atoms with van der Waals surface area (Å²) in [6, 6.07) is 8.04. The first-order valence-corrected chi connectivity index (χ1v) is 5.10. The Bertz CT molecular complexity index is 269. The molecule has 1 rings (SSSR count). The van der Waals surface area contributed by atoms with Crippen LogP contribution in [0.25, 0.3) is 0 Å². The number of likely N-dealkylation sites (N-methyl/N-ethyl adjacent to an activating group) is 1. The number of benzene rings is 1. The summed E-state index contributed by atoms with van der Waals surface area (Å²) >= 11 is 5.79. The van der Waals surface area contributed by atoms with Gasteiger partial charge in [-0.3, -0.25) is 0 Å². The SMILES string of the molecule is CN(C)C[C@@H](N)Cc1ccc(Cl)cc1. The van der Waals surface area contributed by atoms with E-state index in [9.17, 15) is 0 Å². The molecule has 0 aliphatic carbocycles. The molecule has 0 unspecified atom stereocenters. The predicted octanol–water partition coefficient (Wildman–Crippen LogP) is 1.77. The Morgan fingerprint density at radius 1 is 1.29 bits per heavy atom. The van der Waals surface area contributed by atoms with Crippen molar-refractivity contribution in [1.29, 1.82) is 0 Å². The highest BCUT2D eigenvalue weighted by Crippen LogP contribution is 2.10. The van der Waals surface area contributed by atoms with Gasteiger partial charge in [0.25, 0.3) is 0 Å². The molecule has 0 bridgehead atoms. The highest BCUT2D eigenvalue weighted by atomic mass is 35.5. The molecule has 1 aromatic rings. The third-order valence-corrected chi connectivity index (χ3v) is 2.26. The van der Waals surface area contributed by atoms with Gasteiger partial charge in [0.15, 0.2) is 0 Å². The van der Waals surface area contributed by atoms with Crippen LogP contribution in [0.4, 0.5) is 0 Å². The molecule has 0 fully saturated rings. The third-order valence-electron chi connectivity index (χ3n) is 2.01. The molecule has 0 aliphatic heterocycles. The van der Waals surface area contributed by atoms with E-state index in [2.05, 4.69) is 4.90 Å². The van der Waals surface area contributed by atoms with Crippen molar-refractivity contribution in [1.82, 2.24) is 4.90 Å². The zero-order valence-electron chi connectivity index (χ0n) is 8.70. The minimum Gasteiger partial charge on any atom is -0.326 e. The Labute approximate surface area is 90.7 Å². The number of halogens is 1. The maximum atomic E-state index is 5.97. The van der Waals surface area contributed by atoms with Crippen LogP contribution in [0.3, 0.4) is 0 Å². The summed E-state index contributed by atoms with van der Waals surface area (Å²) in [5.41, 5.74) is 7.21. The van der Waals surface area contributed by atoms with E-state index >= 15 is 0 Å². The largest absolute Gasteiger partial charge is 0.326 e. The molecular weight excluding hydrogens is 196 g/mol. The summed E-state index contributed by atoms with van der Waals surface area (Å²) in [6.07, 6.45) is 0.898. The Morgan fingerprint density at radius 2 is 1.86 bits per heavy atom. The molecule has 0 aliphatic rings. The van der Waals surface area contributed by atoms with E-state index in [0.717, 1.165) is 18.0 Å². The zero-order valence-corrected chi connectivity index (χ0v) is 9.46. The Balaban J connectivity index is 2.47. The Morgan fingerprint density at radius 3 is 2.36 bits per heavy atom. The van der Waals surface area contributed by atoms with Crippen molar-refractivity contribution < 1.29 is 0 Å².